The standard InChI is InChI=1S/C42H50N4O7/c47-35-14-12-33(34-13-15-38(49)44-39(34)35)36(48)27-43-20-5-2-6-25-52-32-11-7-8-30(26-32)40(50)46-23-18-42(19-24-46,31-9-3-1-4-10-31)41(51)53-37-28-45-21-16-29(37)17-22-45/h1,3-4,7-15,26,29,36-37,43,47-48H,2,5-6,16-25,27-28H2,(H,44,49). The first-order chi connectivity index (χ1) is 25.8. The minimum absolute atomic E-state index is 0.0334. The Labute approximate surface area is 309 Å². The fraction of sp³-hybridized carbons (Fsp3) is 0.452. The summed E-state index contributed by atoms with van der Waals surface area (Å²) in [7, 11) is 0. The number of likely N-dealkylation sites (tertiary alicyclic amines) is 1. The number of esters is 1. The van der Waals surface area contributed by atoms with Crippen LogP contribution in [0.5, 0.6) is 11.5 Å². The Morgan fingerprint density at radius 1 is 0.925 bits per heavy atom. The Morgan fingerprint density at radius 2 is 1.72 bits per heavy atom. The summed E-state index contributed by atoms with van der Waals surface area (Å²) in [6.45, 7) is 5.49. The maximum absolute atomic E-state index is 14.0. The molecule has 4 saturated heterocycles. The van der Waals surface area contributed by atoms with Gasteiger partial charge in [-0.05, 0) is 112 Å². The number of phenols is 1. The van der Waals surface area contributed by atoms with Crippen LogP contribution in [0.1, 0.15) is 72.5 Å². The molecule has 5 heterocycles. The molecule has 4 N–H and O–H groups in total. The van der Waals surface area contributed by atoms with Gasteiger partial charge in [0.15, 0.2) is 0 Å². The number of nitrogens with zero attached hydrogens (tertiary/aromatic N) is 2. The molecular weight excluding hydrogens is 672 g/mol. The molecule has 2 unspecified atom stereocenters. The second kappa shape index (κ2) is 16.5. The highest BCUT2D eigenvalue weighted by Gasteiger charge is 2.47. The normalized spacial score (nSPS) is 21.3. The summed E-state index contributed by atoms with van der Waals surface area (Å²) in [5.74, 6) is 0.835. The SMILES string of the molecule is O=C(c1cccc(OCCCCCNCC(O)c2ccc(O)c3[nH]c(=O)ccc23)c1)N1CCC(C(=O)OC2CN3CCC2CC3)(c2ccccc2)CC1. The summed E-state index contributed by atoms with van der Waals surface area (Å²) < 4.78 is 12.3. The zero-order valence-electron chi connectivity index (χ0n) is 30.2. The number of unbranched alkanes of at least 4 members (excludes halogenated alkanes) is 2. The lowest BCUT2D eigenvalue weighted by Gasteiger charge is -2.46. The number of hydrogen-bond acceptors (Lipinski definition) is 9. The predicted octanol–water partition coefficient (Wildman–Crippen LogP) is 4.92. The molecule has 11 nitrogen and oxygen atoms in total. The molecular formula is C42H50N4O7. The monoisotopic (exact) mass is 722 g/mol. The molecule has 1 aromatic heterocycles. The molecule has 4 aliphatic rings. The summed E-state index contributed by atoms with van der Waals surface area (Å²) in [5, 5.41) is 24.7. The highest BCUT2D eigenvalue weighted by molar-refractivity contribution is 5.95. The van der Waals surface area contributed by atoms with Crippen molar-refractivity contribution in [1.29, 1.82) is 0 Å². The third kappa shape index (κ3) is 8.27. The van der Waals surface area contributed by atoms with Crippen LogP contribution >= 0.6 is 0 Å². The number of carbonyl (C=O) groups excluding carboxylic acids is 2. The van der Waals surface area contributed by atoms with Crippen LogP contribution in [0.4, 0.5) is 0 Å². The molecule has 2 atom stereocenters. The molecule has 2 bridgehead atoms. The highest BCUT2D eigenvalue weighted by atomic mass is 16.5. The lowest BCUT2D eigenvalue weighted by atomic mass is 9.72. The number of benzene rings is 3. The first kappa shape index (κ1) is 36.6. The minimum atomic E-state index is -0.796. The summed E-state index contributed by atoms with van der Waals surface area (Å²) >= 11 is 0. The number of pyridine rings is 1. The van der Waals surface area contributed by atoms with Crippen molar-refractivity contribution >= 4 is 22.8 Å². The predicted molar refractivity (Wildman–Crippen MR) is 202 cm³/mol. The van der Waals surface area contributed by atoms with Gasteiger partial charge in [-0.1, -0.05) is 42.5 Å². The number of H-pyrrole nitrogens is 1. The molecule has 1 amide bonds. The molecule has 4 aliphatic heterocycles. The van der Waals surface area contributed by atoms with Gasteiger partial charge in [-0.15, -0.1) is 0 Å². The molecule has 0 aliphatic carbocycles. The first-order valence-corrected chi connectivity index (χ1v) is 19.1. The molecule has 280 valence electrons. The largest absolute Gasteiger partial charge is 0.506 e. The number of fused-ring (bicyclic) bond motifs is 4. The molecule has 53 heavy (non-hydrogen) atoms. The van der Waals surface area contributed by atoms with Gasteiger partial charge in [-0.2, -0.15) is 0 Å². The van der Waals surface area contributed by atoms with Crippen molar-refractivity contribution in [3.8, 4) is 11.5 Å². The van der Waals surface area contributed by atoms with E-state index in [9.17, 15) is 24.6 Å². The molecule has 11 heteroatoms. The van der Waals surface area contributed by atoms with Crippen LogP contribution in [-0.2, 0) is 14.9 Å². The van der Waals surface area contributed by atoms with E-state index in [4.69, 9.17) is 9.47 Å². The second-order valence-electron chi connectivity index (χ2n) is 14.8. The average molecular weight is 723 g/mol. The number of aromatic nitrogens is 1. The van der Waals surface area contributed by atoms with Crippen LogP contribution in [0.25, 0.3) is 10.9 Å². The molecule has 4 fully saturated rings. The summed E-state index contributed by atoms with van der Waals surface area (Å²) in [6.07, 6.45) is 4.99. The van der Waals surface area contributed by atoms with Crippen molar-refractivity contribution in [2.75, 3.05) is 52.4 Å². The van der Waals surface area contributed by atoms with E-state index in [0.29, 0.717) is 79.3 Å². The quantitative estimate of drug-likeness (QED) is 0.105. The number of amides is 1. The van der Waals surface area contributed by atoms with Gasteiger partial charge < -0.3 is 34.9 Å². The number of rotatable bonds is 14. The third-order valence-corrected chi connectivity index (χ3v) is 11.4. The Morgan fingerprint density at radius 3 is 2.47 bits per heavy atom. The molecule has 0 radical (unpaired) electrons. The van der Waals surface area contributed by atoms with Crippen LogP contribution < -0.4 is 15.6 Å². The van der Waals surface area contributed by atoms with Crippen molar-refractivity contribution in [3.05, 3.63) is 106 Å². The van der Waals surface area contributed by atoms with E-state index in [-0.39, 0.29) is 29.3 Å². The minimum Gasteiger partial charge on any atom is -0.506 e. The van der Waals surface area contributed by atoms with Gasteiger partial charge in [0.05, 0.1) is 23.6 Å². The van der Waals surface area contributed by atoms with Crippen molar-refractivity contribution in [2.24, 2.45) is 5.92 Å². The topological polar surface area (TPSA) is 144 Å². The lowest BCUT2D eigenvalue weighted by molar-refractivity contribution is -0.167. The molecule has 0 spiro atoms. The van der Waals surface area contributed by atoms with E-state index in [2.05, 4.69) is 15.2 Å². The van der Waals surface area contributed by atoms with E-state index in [1.165, 1.54) is 12.1 Å². The van der Waals surface area contributed by atoms with Crippen LogP contribution in [0, 0.1) is 5.92 Å². The number of piperidine rings is 4. The number of ether oxygens (including phenoxy) is 2. The van der Waals surface area contributed by atoms with E-state index in [1.54, 1.807) is 18.2 Å². The Bertz CT molecular complexity index is 1930. The van der Waals surface area contributed by atoms with Gasteiger partial charge in [0, 0.05) is 43.2 Å². The van der Waals surface area contributed by atoms with Gasteiger partial charge in [-0.3, -0.25) is 19.3 Å². The first-order valence-electron chi connectivity index (χ1n) is 19.1. The average Bonchev–Trinajstić information content (AvgIpc) is 3.19. The number of nitrogens with one attached hydrogen (secondary N) is 2. The molecule has 0 saturated carbocycles. The summed E-state index contributed by atoms with van der Waals surface area (Å²) in [6, 6.07) is 23.4. The number of aromatic amines is 1. The Hall–Kier alpha value is -4.71. The Balaban J connectivity index is 0.855. The van der Waals surface area contributed by atoms with Gasteiger partial charge in [-0.25, -0.2) is 0 Å². The van der Waals surface area contributed by atoms with Crippen LogP contribution in [0.3, 0.4) is 0 Å². The van der Waals surface area contributed by atoms with Crippen molar-refractivity contribution in [2.45, 2.75) is 62.6 Å². The number of aliphatic hydroxyl groups is 1. The Kier molecular flexibility index (Phi) is 11.4. The van der Waals surface area contributed by atoms with Gasteiger partial charge in [0.25, 0.3) is 5.91 Å². The van der Waals surface area contributed by atoms with Crippen LogP contribution in [-0.4, -0.2) is 95.4 Å². The molecule has 3 aromatic carbocycles. The second-order valence-corrected chi connectivity index (χ2v) is 14.8. The maximum Gasteiger partial charge on any atom is 0.317 e. The van der Waals surface area contributed by atoms with E-state index in [1.807, 2.05) is 53.4 Å². The van der Waals surface area contributed by atoms with E-state index in [0.717, 1.165) is 57.3 Å². The number of hydrogen-bond donors (Lipinski definition) is 4. The molecule has 8 rings (SSSR count). The lowest BCUT2D eigenvalue weighted by Crippen LogP contribution is -2.55. The smallest absolute Gasteiger partial charge is 0.317 e. The maximum atomic E-state index is 14.0. The number of aromatic hydroxyl groups is 1. The van der Waals surface area contributed by atoms with Crippen molar-refractivity contribution in [1.82, 2.24) is 20.1 Å². The highest BCUT2D eigenvalue weighted by Crippen LogP contribution is 2.39. The zero-order valence-corrected chi connectivity index (χ0v) is 30.2. The van der Waals surface area contributed by atoms with Gasteiger partial charge >= 0.3 is 5.97 Å². The summed E-state index contributed by atoms with van der Waals surface area (Å²) in [4.78, 5) is 46.2. The number of phenolic OH excluding ortho intramolecular Hbond substituents is 1. The summed E-state index contributed by atoms with van der Waals surface area (Å²) in [5.41, 5.74) is 1.40. The molecule has 4 aromatic rings. The van der Waals surface area contributed by atoms with Crippen LogP contribution in [0.15, 0.2) is 83.7 Å². The third-order valence-electron chi connectivity index (χ3n) is 11.4. The fourth-order valence-electron chi connectivity index (χ4n) is 8.27. The van der Waals surface area contributed by atoms with Gasteiger partial charge in [0.1, 0.15) is 17.6 Å². The number of aliphatic hydroxyl groups excluding tert-OH is 1. The zero-order chi connectivity index (χ0) is 36.8. The van der Waals surface area contributed by atoms with Crippen LogP contribution in [0.2, 0.25) is 0 Å². The number of carbonyl (C=O) groups is 2. The van der Waals surface area contributed by atoms with E-state index >= 15 is 0 Å². The van der Waals surface area contributed by atoms with Crippen molar-refractivity contribution < 1.29 is 29.3 Å². The van der Waals surface area contributed by atoms with Crippen molar-refractivity contribution in [3.63, 3.8) is 0 Å². The van der Waals surface area contributed by atoms with E-state index < -0.39 is 11.5 Å². The van der Waals surface area contributed by atoms with Gasteiger partial charge in [0.2, 0.25) is 5.56 Å². The fourth-order valence-corrected chi connectivity index (χ4v) is 8.27.